The van der Waals surface area contributed by atoms with E-state index in [9.17, 15) is 0 Å². The summed E-state index contributed by atoms with van der Waals surface area (Å²) in [6.45, 7) is -1.62. The monoisotopic (exact) mass is 147 g/mol. The van der Waals surface area contributed by atoms with Crippen LogP contribution in [-0.4, -0.2) is 55.3 Å². The van der Waals surface area contributed by atoms with Crippen LogP contribution in [0.4, 0.5) is 0 Å². The van der Waals surface area contributed by atoms with Gasteiger partial charge in [-0.25, -0.2) is 0 Å². The lowest BCUT2D eigenvalue weighted by molar-refractivity contribution is -0.0328. The molecular weight excluding hydrogens is 135 g/mol. The molecular formula is C5H12BO4. The zero-order valence-electron chi connectivity index (χ0n) is 5.69. The molecule has 0 aromatic heterocycles. The van der Waals surface area contributed by atoms with Gasteiger partial charge in [-0.15, -0.1) is 0 Å². The van der Waals surface area contributed by atoms with Crippen molar-refractivity contribution in [2.24, 2.45) is 5.41 Å². The zero-order valence-corrected chi connectivity index (χ0v) is 5.69. The van der Waals surface area contributed by atoms with Gasteiger partial charge in [0.25, 0.3) is 0 Å². The van der Waals surface area contributed by atoms with Crippen LogP contribution < -0.4 is 0 Å². The van der Waals surface area contributed by atoms with Gasteiger partial charge >= 0.3 is 0 Å². The Bertz CT molecular complexity index is 56.5. The molecule has 0 aromatic carbocycles. The van der Waals surface area contributed by atoms with Crippen molar-refractivity contribution in [3.05, 3.63) is 0 Å². The second-order valence-electron chi connectivity index (χ2n) is 2.13. The van der Waals surface area contributed by atoms with Gasteiger partial charge in [0.15, 0.2) is 0 Å². The summed E-state index contributed by atoms with van der Waals surface area (Å²) in [7, 11) is 0. The average Bonchev–Trinajstić information content (AvgIpc) is 1.95. The molecule has 0 unspecified atom stereocenters. The van der Waals surface area contributed by atoms with Crippen LogP contribution in [0.3, 0.4) is 0 Å². The maximum Gasteiger partial charge on any atom is 0.0627 e. The number of hydrogen-bond acceptors (Lipinski definition) is 4. The van der Waals surface area contributed by atoms with Gasteiger partial charge in [0, 0.05) is 8.41 Å². The minimum absolute atomic E-state index is 0. The normalized spacial score (nSPS) is 10.8. The molecule has 0 atom stereocenters. The Morgan fingerprint density at radius 1 is 0.700 bits per heavy atom. The molecule has 0 aliphatic carbocycles. The Kier molecular flexibility index (Phi) is 7.13. The highest BCUT2D eigenvalue weighted by Gasteiger charge is 2.26. The van der Waals surface area contributed by atoms with Crippen LogP contribution in [0.25, 0.3) is 0 Å². The largest absolute Gasteiger partial charge is 0.396 e. The highest BCUT2D eigenvalue weighted by Crippen LogP contribution is 2.11. The third-order valence-electron chi connectivity index (χ3n) is 1.34. The van der Waals surface area contributed by atoms with Gasteiger partial charge in [0.1, 0.15) is 0 Å². The van der Waals surface area contributed by atoms with E-state index in [1.54, 1.807) is 0 Å². The molecule has 0 bridgehead atoms. The molecule has 0 saturated carbocycles. The van der Waals surface area contributed by atoms with E-state index < -0.39 is 31.8 Å². The van der Waals surface area contributed by atoms with E-state index in [0.717, 1.165) is 0 Å². The summed E-state index contributed by atoms with van der Waals surface area (Å²) in [6.07, 6.45) is 0. The van der Waals surface area contributed by atoms with E-state index in [2.05, 4.69) is 0 Å². The fourth-order valence-electron chi connectivity index (χ4n) is 0.300. The standard InChI is InChI=1S/C5H12O4.B/c6-1-5(2-7,3-8)4-9;/h6-9H,1-4H2;. The van der Waals surface area contributed by atoms with E-state index in [0.29, 0.717) is 0 Å². The molecule has 0 rings (SSSR count). The van der Waals surface area contributed by atoms with Gasteiger partial charge in [0.2, 0.25) is 0 Å². The zero-order chi connectivity index (χ0) is 7.33. The van der Waals surface area contributed by atoms with E-state index in [1.165, 1.54) is 0 Å². The minimum atomic E-state index is -1.11. The van der Waals surface area contributed by atoms with Crippen molar-refractivity contribution in [3.8, 4) is 0 Å². The summed E-state index contributed by atoms with van der Waals surface area (Å²) in [5.41, 5.74) is -1.11. The predicted octanol–water partition coefficient (Wildman–Crippen LogP) is -2.44. The lowest BCUT2D eigenvalue weighted by Crippen LogP contribution is -2.37. The molecule has 0 heterocycles. The summed E-state index contributed by atoms with van der Waals surface area (Å²) in [4.78, 5) is 0. The molecule has 0 saturated heterocycles. The predicted molar refractivity (Wildman–Crippen MR) is 36.5 cm³/mol. The van der Waals surface area contributed by atoms with Crippen molar-refractivity contribution in [2.75, 3.05) is 26.4 Å². The van der Waals surface area contributed by atoms with Crippen LogP contribution in [0.2, 0.25) is 0 Å². The van der Waals surface area contributed by atoms with Crippen LogP contribution in [0.15, 0.2) is 0 Å². The van der Waals surface area contributed by atoms with Crippen molar-refractivity contribution >= 4 is 8.41 Å². The fourth-order valence-corrected chi connectivity index (χ4v) is 0.300. The first-order valence-electron chi connectivity index (χ1n) is 2.68. The molecule has 3 radical (unpaired) electrons. The van der Waals surface area contributed by atoms with Crippen LogP contribution in [0.5, 0.6) is 0 Å². The molecule has 0 aliphatic heterocycles. The molecule has 10 heavy (non-hydrogen) atoms. The van der Waals surface area contributed by atoms with Gasteiger partial charge in [-0.1, -0.05) is 0 Å². The summed E-state index contributed by atoms with van der Waals surface area (Å²) in [5.74, 6) is 0. The van der Waals surface area contributed by atoms with Gasteiger partial charge in [-0.05, 0) is 0 Å². The van der Waals surface area contributed by atoms with Crippen LogP contribution in [0.1, 0.15) is 0 Å². The van der Waals surface area contributed by atoms with Gasteiger partial charge in [-0.2, -0.15) is 0 Å². The highest BCUT2D eigenvalue weighted by molar-refractivity contribution is 5.75. The summed E-state index contributed by atoms with van der Waals surface area (Å²) >= 11 is 0. The van der Waals surface area contributed by atoms with Crippen molar-refractivity contribution in [1.29, 1.82) is 0 Å². The Morgan fingerprint density at radius 3 is 0.900 bits per heavy atom. The summed E-state index contributed by atoms with van der Waals surface area (Å²) in [6, 6.07) is 0. The van der Waals surface area contributed by atoms with Crippen LogP contribution >= 0.6 is 0 Å². The molecule has 4 N–H and O–H groups in total. The highest BCUT2D eigenvalue weighted by atomic mass is 16.3. The quantitative estimate of drug-likeness (QED) is 0.333. The molecule has 4 nitrogen and oxygen atoms in total. The molecule has 0 fully saturated rings. The van der Waals surface area contributed by atoms with E-state index >= 15 is 0 Å². The first-order chi connectivity index (χ1) is 4.24. The molecule has 0 spiro atoms. The number of rotatable bonds is 4. The molecule has 0 amide bonds. The molecule has 0 aliphatic rings. The van der Waals surface area contributed by atoms with Crippen molar-refractivity contribution in [3.63, 3.8) is 0 Å². The van der Waals surface area contributed by atoms with Crippen LogP contribution in [0, 0.1) is 5.41 Å². The Hall–Kier alpha value is -0.0951. The Morgan fingerprint density at radius 2 is 0.900 bits per heavy atom. The fraction of sp³-hybridized carbons (Fsp3) is 1.00. The van der Waals surface area contributed by atoms with Crippen molar-refractivity contribution in [1.82, 2.24) is 0 Å². The van der Waals surface area contributed by atoms with Crippen molar-refractivity contribution < 1.29 is 20.4 Å². The van der Waals surface area contributed by atoms with Crippen molar-refractivity contribution in [2.45, 2.75) is 0 Å². The molecule has 0 aromatic rings. The third-order valence-corrected chi connectivity index (χ3v) is 1.34. The Balaban J connectivity index is 0. The van der Waals surface area contributed by atoms with E-state index in [-0.39, 0.29) is 8.41 Å². The topological polar surface area (TPSA) is 80.9 Å². The summed E-state index contributed by atoms with van der Waals surface area (Å²) < 4.78 is 0. The number of aliphatic hydroxyl groups is 4. The maximum absolute atomic E-state index is 8.50. The van der Waals surface area contributed by atoms with Gasteiger partial charge in [0.05, 0.1) is 31.8 Å². The smallest absolute Gasteiger partial charge is 0.0627 e. The first kappa shape index (κ1) is 12.6. The second kappa shape index (κ2) is 5.67. The third kappa shape index (κ3) is 2.66. The van der Waals surface area contributed by atoms with Crippen LogP contribution in [-0.2, 0) is 0 Å². The summed E-state index contributed by atoms with van der Waals surface area (Å²) in [5, 5.41) is 34.0. The van der Waals surface area contributed by atoms with E-state index in [4.69, 9.17) is 20.4 Å². The SMILES string of the molecule is OCC(CO)(CO)CO.[B]. The lowest BCUT2D eigenvalue weighted by atomic mass is 9.93. The number of aliphatic hydroxyl groups excluding tert-OH is 4. The lowest BCUT2D eigenvalue weighted by Gasteiger charge is -2.23. The maximum atomic E-state index is 8.50. The number of hydrogen-bond donors (Lipinski definition) is 4. The van der Waals surface area contributed by atoms with Gasteiger partial charge in [-0.3, -0.25) is 0 Å². The second-order valence-corrected chi connectivity index (χ2v) is 2.13. The molecule has 59 valence electrons. The first-order valence-corrected chi connectivity index (χ1v) is 2.68. The Labute approximate surface area is 61.7 Å². The van der Waals surface area contributed by atoms with Gasteiger partial charge < -0.3 is 20.4 Å². The average molecular weight is 147 g/mol. The molecule has 5 heteroatoms. The minimum Gasteiger partial charge on any atom is -0.396 e. The van der Waals surface area contributed by atoms with E-state index in [1.807, 2.05) is 0 Å².